The Kier molecular flexibility index (Phi) is 30.2. The maximum Gasteiger partial charge on any atom is 0.0605 e. The van der Waals surface area contributed by atoms with E-state index in [2.05, 4.69) is 73.8 Å². The van der Waals surface area contributed by atoms with Crippen molar-refractivity contribution in [3.8, 4) is 19.5 Å². The van der Waals surface area contributed by atoms with Crippen molar-refractivity contribution in [2.45, 2.75) is 228 Å². The molecule has 3 heterocycles. The molecule has 0 aliphatic rings. The first kappa shape index (κ1) is 47.2. The van der Waals surface area contributed by atoms with Crippen LogP contribution in [0.1, 0.15) is 219 Å². The zero-order valence-electron chi connectivity index (χ0n) is 34.5. The first-order valence-electron chi connectivity index (χ1n) is 22.9. The third-order valence-corrected chi connectivity index (χ3v) is 17.0. The summed E-state index contributed by atoms with van der Waals surface area (Å²) in [4.78, 5) is 5.72. The van der Waals surface area contributed by atoms with Gasteiger partial charge in [0.05, 0.1) is 8.42 Å². The molecule has 0 nitrogen and oxygen atoms in total. The maximum absolute atomic E-state index is 2.36. The second-order valence-electron chi connectivity index (χ2n) is 15.7. The fourth-order valence-corrected chi connectivity index (χ4v) is 12.9. The van der Waals surface area contributed by atoms with Crippen molar-refractivity contribution in [1.82, 2.24) is 0 Å². The van der Waals surface area contributed by atoms with E-state index < -0.39 is 0 Å². The van der Waals surface area contributed by atoms with Gasteiger partial charge in [0.2, 0.25) is 0 Å². The van der Waals surface area contributed by atoms with E-state index in [9.17, 15) is 0 Å². The summed E-state index contributed by atoms with van der Waals surface area (Å²) in [5.41, 5.74) is 0. The van der Waals surface area contributed by atoms with Crippen LogP contribution >= 0.6 is 57.5 Å². The van der Waals surface area contributed by atoms with Crippen molar-refractivity contribution in [2.75, 3.05) is 11.5 Å². The fourth-order valence-electron chi connectivity index (χ4n) is 7.31. The van der Waals surface area contributed by atoms with E-state index in [1.165, 1.54) is 245 Å². The van der Waals surface area contributed by atoms with Gasteiger partial charge in [-0.25, -0.2) is 0 Å². The van der Waals surface area contributed by atoms with E-state index in [4.69, 9.17) is 0 Å². The van der Waals surface area contributed by atoms with Crippen LogP contribution in [-0.4, -0.2) is 11.5 Å². The third-order valence-electron chi connectivity index (χ3n) is 10.7. The molecular weight excluding hydrogens is 737 g/mol. The summed E-state index contributed by atoms with van der Waals surface area (Å²) in [5, 5.41) is 0. The van der Waals surface area contributed by atoms with Gasteiger partial charge in [-0.15, -0.1) is 57.5 Å². The lowest BCUT2D eigenvalue weighted by Crippen LogP contribution is -1.84. The molecule has 0 spiro atoms. The van der Waals surface area contributed by atoms with Crippen LogP contribution in [-0.2, 0) is 0 Å². The second-order valence-corrected chi connectivity index (χ2v) is 21.7. The molecule has 0 fully saturated rings. The standard InChI is InChI=1S/C48H80S5/c1-3-5-7-9-11-13-15-17-19-21-23-25-27-29-31-33-41-49-47-39-37-45(52-47)43-35-36-44(51-43)46-38-40-48(53-46)50-42-34-32-30-28-26-24-22-20-18-16-14-12-10-8-6-4-2/h35-40H,3-34,41-42H2,1-2H3. The van der Waals surface area contributed by atoms with Gasteiger partial charge in [-0.05, 0) is 60.7 Å². The molecule has 0 aliphatic heterocycles. The number of unbranched alkanes of at least 4 members (excludes halogenated alkanes) is 30. The summed E-state index contributed by atoms with van der Waals surface area (Å²) in [6, 6.07) is 14.1. The van der Waals surface area contributed by atoms with E-state index in [1.54, 1.807) is 0 Å². The average Bonchev–Trinajstić information content (AvgIpc) is 3.96. The summed E-state index contributed by atoms with van der Waals surface area (Å²) in [6.45, 7) is 4.61. The molecule has 0 radical (unpaired) electrons. The molecule has 0 amide bonds. The summed E-state index contributed by atoms with van der Waals surface area (Å²) in [5.74, 6) is 2.53. The number of hydrogen-bond acceptors (Lipinski definition) is 5. The Balaban J connectivity index is 1.13. The summed E-state index contributed by atoms with van der Waals surface area (Å²) < 4.78 is 2.97. The number of rotatable bonds is 38. The normalized spacial score (nSPS) is 11.7. The van der Waals surface area contributed by atoms with Crippen LogP contribution < -0.4 is 0 Å². The van der Waals surface area contributed by atoms with Crippen molar-refractivity contribution >= 4 is 57.5 Å². The number of thioether (sulfide) groups is 2. The highest BCUT2D eigenvalue weighted by Gasteiger charge is 2.10. The average molecular weight is 818 g/mol. The van der Waals surface area contributed by atoms with E-state index in [-0.39, 0.29) is 0 Å². The van der Waals surface area contributed by atoms with Crippen LogP contribution in [0.2, 0.25) is 0 Å². The Labute approximate surface area is 350 Å². The van der Waals surface area contributed by atoms with Crippen molar-refractivity contribution < 1.29 is 0 Å². The molecule has 0 bridgehead atoms. The topological polar surface area (TPSA) is 0 Å². The summed E-state index contributed by atoms with van der Waals surface area (Å²) in [7, 11) is 0. The Morgan fingerprint density at radius 1 is 0.283 bits per heavy atom. The Morgan fingerprint density at radius 3 is 0.792 bits per heavy atom. The minimum Gasteiger partial charge on any atom is -0.134 e. The van der Waals surface area contributed by atoms with Crippen molar-refractivity contribution in [1.29, 1.82) is 0 Å². The van der Waals surface area contributed by atoms with Crippen molar-refractivity contribution in [2.24, 2.45) is 0 Å². The van der Waals surface area contributed by atoms with Crippen LogP contribution in [0.4, 0.5) is 0 Å². The van der Waals surface area contributed by atoms with Gasteiger partial charge < -0.3 is 0 Å². The minimum absolute atomic E-state index is 1.27. The molecule has 53 heavy (non-hydrogen) atoms. The molecule has 0 saturated carbocycles. The Morgan fingerprint density at radius 2 is 0.509 bits per heavy atom. The van der Waals surface area contributed by atoms with E-state index >= 15 is 0 Å². The van der Waals surface area contributed by atoms with Crippen LogP contribution in [0.25, 0.3) is 19.5 Å². The monoisotopic (exact) mass is 816 g/mol. The van der Waals surface area contributed by atoms with Gasteiger partial charge in [0.1, 0.15) is 0 Å². The molecule has 0 aliphatic carbocycles. The maximum atomic E-state index is 2.36. The number of thiophene rings is 3. The molecule has 0 N–H and O–H groups in total. The highest BCUT2D eigenvalue weighted by molar-refractivity contribution is 8.01. The zero-order chi connectivity index (χ0) is 37.3. The van der Waals surface area contributed by atoms with Gasteiger partial charge in [-0.2, -0.15) is 0 Å². The number of hydrogen-bond donors (Lipinski definition) is 0. The first-order chi connectivity index (χ1) is 26.3. The largest absolute Gasteiger partial charge is 0.134 e. The molecule has 3 aromatic rings. The predicted molar refractivity (Wildman–Crippen MR) is 251 cm³/mol. The molecular formula is C48H80S5. The fraction of sp³-hybridized carbons (Fsp3) is 0.750. The summed E-state index contributed by atoms with van der Waals surface area (Å²) >= 11 is 10.1. The van der Waals surface area contributed by atoms with Crippen LogP contribution in [0.3, 0.4) is 0 Å². The van der Waals surface area contributed by atoms with E-state index in [0.717, 1.165) is 0 Å². The molecule has 0 aromatic carbocycles. The van der Waals surface area contributed by atoms with Gasteiger partial charge >= 0.3 is 0 Å². The quantitative estimate of drug-likeness (QED) is 0.0417. The van der Waals surface area contributed by atoms with Crippen LogP contribution in [0.5, 0.6) is 0 Å². The van der Waals surface area contributed by atoms with Crippen LogP contribution in [0, 0.1) is 0 Å². The van der Waals surface area contributed by atoms with Gasteiger partial charge in [-0.1, -0.05) is 206 Å². The minimum atomic E-state index is 1.27. The zero-order valence-corrected chi connectivity index (χ0v) is 38.6. The SMILES string of the molecule is CCCCCCCCCCCCCCCCCCSc1ccc(-c2ccc(-c3ccc(SCCCCCCCCCCCCCCCCCC)s3)s2)s1. The summed E-state index contributed by atoms with van der Waals surface area (Å²) in [6.07, 6.45) is 46.1. The predicted octanol–water partition coefficient (Wildman–Crippen LogP) is 19.9. The van der Waals surface area contributed by atoms with Crippen LogP contribution in [0.15, 0.2) is 44.8 Å². The second kappa shape index (κ2) is 33.9. The highest BCUT2D eigenvalue weighted by Crippen LogP contribution is 2.43. The van der Waals surface area contributed by atoms with Crippen molar-refractivity contribution in [3.63, 3.8) is 0 Å². The smallest absolute Gasteiger partial charge is 0.0605 e. The third kappa shape index (κ3) is 24.2. The molecule has 302 valence electrons. The van der Waals surface area contributed by atoms with Gasteiger partial charge in [-0.3, -0.25) is 0 Å². The molecule has 0 atom stereocenters. The van der Waals surface area contributed by atoms with Gasteiger partial charge in [0, 0.05) is 19.5 Å². The van der Waals surface area contributed by atoms with E-state index in [0.29, 0.717) is 0 Å². The molecule has 0 unspecified atom stereocenters. The molecule has 3 rings (SSSR count). The molecule has 5 heteroatoms. The van der Waals surface area contributed by atoms with E-state index in [1.807, 2.05) is 34.0 Å². The lowest BCUT2D eigenvalue weighted by Gasteiger charge is -2.03. The van der Waals surface area contributed by atoms with Crippen molar-refractivity contribution in [3.05, 3.63) is 36.4 Å². The first-order valence-corrected chi connectivity index (χ1v) is 27.3. The molecule has 3 aromatic heterocycles. The highest BCUT2D eigenvalue weighted by atomic mass is 32.2. The Hall–Kier alpha value is -0.200. The molecule has 0 saturated heterocycles. The lowest BCUT2D eigenvalue weighted by molar-refractivity contribution is 0.532. The van der Waals surface area contributed by atoms with Gasteiger partial charge in [0.25, 0.3) is 0 Å². The Bertz CT molecular complexity index is 1110. The van der Waals surface area contributed by atoms with Gasteiger partial charge in [0.15, 0.2) is 0 Å². The lowest BCUT2D eigenvalue weighted by atomic mass is 10.0.